The van der Waals surface area contributed by atoms with Crippen molar-refractivity contribution in [3.8, 4) is 0 Å². The van der Waals surface area contributed by atoms with Crippen LogP contribution in [0, 0.1) is 13.8 Å². The summed E-state index contributed by atoms with van der Waals surface area (Å²) in [6, 6.07) is 11.6. The summed E-state index contributed by atoms with van der Waals surface area (Å²) >= 11 is 1.61. The zero-order chi connectivity index (χ0) is 22.7. The van der Waals surface area contributed by atoms with E-state index in [9.17, 15) is 13.2 Å². The summed E-state index contributed by atoms with van der Waals surface area (Å²) in [5.74, 6) is -0.0467. The van der Waals surface area contributed by atoms with Crippen LogP contribution in [-0.4, -0.2) is 50.4 Å². The van der Waals surface area contributed by atoms with Crippen LogP contribution < -0.4 is 9.62 Å². The van der Waals surface area contributed by atoms with E-state index in [1.54, 1.807) is 60.0 Å². The molecule has 1 amide bonds. The van der Waals surface area contributed by atoms with E-state index in [-0.39, 0.29) is 10.8 Å². The van der Waals surface area contributed by atoms with Crippen LogP contribution in [0.2, 0.25) is 0 Å². The molecule has 3 aromatic rings. The smallest absolute Gasteiger partial charge is 0.261 e. The first-order valence-electron chi connectivity index (χ1n) is 10.5. The van der Waals surface area contributed by atoms with Crippen LogP contribution >= 0.6 is 11.3 Å². The van der Waals surface area contributed by atoms with Gasteiger partial charge in [-0.2, -0.15) is 0 Å². The van der Waals surface area contributed by atoms with E-state index in [0.717, 1.165) is 35.8 Å². The second-order valence-electron chi connectivity index (χ2n) is 7.88. The van der Waals surface area contributed by atoms with Crippen molar-refractivity contribution in [1.29, 1.82) is 0 Å². The van der Waals surface area contributed by atoms with E-state index in [2.05, 4.69) is 14.6 Å². The van der Waals surface area contributed by atoms with Crippen LogP contribution in [0.25, 0.3) is 0 Å². The Hall–Kier alpha value is -2.91. The second kappa shape index (κ2) is 9.30. The van der Waals surface area contributed by atoms with Gasteiger partial charge in [-0.25, -0.2) is 13.4 Å². The number of nitrogens with one attached hydrogen (secondary N) is 1. The van der Waals surface area contributed by atoms with Crippen LogP contribution in [0.1, 0.15) is 27.9 Å². The van der Waals surface area contributed by atoms with E-state index in [1.165, 1.54) is 0 Å². The van der Waals surface area contributed by atoms with Crippen molar-refractivity contribution >= 4 is 38.1 Å². The van der Waals surface area contributed by atoms with Gasteiger partial charge in [0.25, 0.3) is 15.9 Å². The lowest BCUT2D eigenvalue weighted by molar-refractivity contribution is 0.0767. The van der Waals surface area contributed by atoms with Crippen LogP contribution in [0.4, 0.5) is 10.8 Å². The maximum atomic E-state index is 13.0. The van der Waals surface area contributed by atoms with Crippen LogP contribution in [0.5, 0.6) is 0 Å². The molecular weight excluding hydrogens is 444 g/mol. The number of aromatic nitrogens is 1. The number of aryl methyl sites for hydroxylation is 2. The molecule has 1 aromatic heterocycles. The monoisotopic (exact) mass is 470 g/mol. The van der Waals surface area contributed by atoms with Gasteiger partial charge in [-0.15, -0.1) is 11.3 Å². The van der Waals surface area contributed by atoms with Gasteiger partial charge in [0.2, 0.25) is 0 Å². The Morgan fingerprint density at radius 1 is 1.00 bits per heavy atom. The maximum Gasteiger partial charge on any atom is 0.261 e. The zero-order valence-corrected chi connectivity index (χ0v) is 19.7. The quantitative estimate of drug-likeness (QED) is 0.611. The highest BCUT2D eigenvalue weighted by Crippen LogP contribution is 2.22. The first-order chi connectivity index (χ1) is 15.3. The topological polar surface area (TPSA) is 82.6 Å². The molecule has 168 valence electrons. The van der Waals surface area contributed by atoms with Crippen molar-refractivity contribution in [3.63, 3.8) is 0 Å². The van der Waals surface area contributed by atoms with Crippen LogP contribution in [0.15, 0.2) is 58.9 Å². The fraction of sp³-hybridized carbons (Fsp3) is 0.304. The van der Waals surface area contributed by atoms with E-state index in [4.69, 9.17) is 0 Å². The van der Waals surface area contributed by atoms with E-state index < -0.39 is 10.0 Å². The summed E-state index contributed by atoms with van der Waals surface area (Å²) in [6.07, 6.45) is 2.67. The number of carbonyl (C=O) groups is 1. The van der Waals surface area contributed by atoms with Crippen molar-refractivity contribution in [2.24, 2.45) is 0 Å². The molecule has 2 heterocycles. The lowest BCUT2D eigenvalue weighted by atomic mass is 10.1. The number of anilines is 2. The number of benzene rings is 2. The number of thiazole rings is 1. The highest BCUT2D eigenvalue weighted by Gasteiger charge is 2.22. The first-order valence-corrected chi connectivity index (χ1v) is 12.8. The molecule has 0 radical (unpaired) electrons. The molecular formula is C23H26N4O3S2. The molecule has 4 rings (SSSR count). The minimum Gasteiger partial charge on any atom is -0.346 e. The zero-order valence-electron chi connectivity index (χ0n) is 18.1. The highest BCUT2D eigenvalue weighted by molar-refractivity contribution is 7.92. The molecule has 32 heavy (non-hydrogen) atoms. The molecule has 0 aliphatic carbocycles. The van der Waals surface area contributed by atoms with Crippen LogP contribution in [-0.2, 0) is 10.0 Å². The van der Waals surface area contributed by atoms with E-state index in [0.29, 0.717) is 24.3 Å². The van der Waals surface area contributed by atoms with E-state index >= 15 is 0 Å². The predicted molar refractivity (Wildman–Crippen MR) is 128 cm³/mol. The van der Waals surface area contributed by atoms with Gasteiger partial charge in [-0.05, 0) is 67.8 Å². The molecule has 0 atom stereocenters. The molecule has 0 spiro atoms. The molecule has 0 saturated carbocycles. The van der Waals surface area contributed by atoms with Crippen LogP contribution in [0.3, 0.4) is 0 Å². The molecule has 9 heteroatoms. The molecule has 1 fully saturated rings. The Morgan fingerprint density at radius 2 is 1.78 bits per heavy atom. The normalized spacial score (nSPS) is 14.8. The molecule has 1 N–H and O–H groups in total. The average Bonchev–Trinajstić information content (AvgIpc) is 3.20. The number of rotatable bonds is 5. The summed E-state index contributed by atoms with van der Waals surface area (Å²) in [5, 5.41) is 2.94. The molecule has 1 aliphatic heterocycles. The van der Waals surface area contributed by atoms with Crippen molar-refractivity contribution in [3.05, 3.63) is 70.7 Å². The fourth-order valence-corrected chi connectivity index (χ4v) is 5.48. The molecule has 7 nitrogen and oxygen atoms in total. The average molecular weight is 471 g/mol. The molecule has 2 aromatic carbocycles. The number of amides is 1. The predicted octanol–water partition coefficient (Wildman–Crippen LogP) is 3.91. The Labute approximate surface area is 192 Å². The summed E-state index contributed by atoms with van der Waals surface area (Å²) < 4.78 is 28.0. The minimum atomic E-state index is -3.69. The molecule has 0 bridgehead atoms. The molecule has 1 saturated heterocycles. The highest BCUT2D eigenvalue weighted by atomic mass is 32.2. The minimum absolute atomic E-state index is 0.0467. The number of sulfonamides is 1. The summed E-state index contributed by atoms with van der Waals surface area (Å²) in [5.41, 5.74) is 2.92. The number of hydrogen-bond donors (Lipinski definition) is 1. The number of carbonyl (C=O) groups excluding carboxylic acids is 1. The van der Waals surface area contributed by atoms with E-state index in [1.807, 2.05) is 24.1 Å². The van der Waals surface area contributed by atoms with Gasteiger partial charge in [0.1, 0.15) is 0 Å². The van der Waals surface area contributed by atoms with Gasteiger partial charge in [0.05, 0.1) is 4.90 Å². The van der Waals surface area contributed by atoms with Gasteiger partial charge < -0.3 is 9.80 Å². The molecule has 1 aliphatic rings. The van der Waals surface area contributed by atoms with Gasteiger partial charge in [0.15, 0.2) is 5.13 Å². The Kier molecular flexibility index (Phi) is 6.48. The summed E-state index contributed by atoms with van der Waals surface area (Å²) in [6.45, 7) is 6.74. The SMILES string of the molecule is Cc1ccc(S(=O)(=O)Nc2ccc(C(=O)N3CCCN(c4nccs4)CC3)cc2)cc1C. The fourth-order valence-electron chi connectivity index (χ4n) is 3.64. The van der Waals surface area contributed by atoms with Crippen molar-refractivity contribution in [1.82, 2.24) is 9.88 Å². The standard InChI is InChI=1S/C23H26N4O3S2/c1-17-4-9-21(16-18(17)2)32(29,30)25-20-7-5-19(6-8-20)22(28)26-11-3-12-27(14-13-26)23-24-10-15-31-23/h4-10,15-16,25H,3,11-14H2,1-2H3. The Morgan fingerprint density at radius 3 is 2.47 bits per heavy atom. The lowest BCUT2D eigenvalue weighted by Gasteiger charge is -2.22. The lowest BCUT2D eigenvalue weighted by Crippen LogP contribution is -2.35. The van der Waals surface area contributed by atoms with Gasteiger partial charge in [-0.3, -0.25) is 9.52 Å². The maximum absolute atomic E-state index is 13.0. The molecule has 0 unspecified atom stereocenters. The van der Waals surface area contributed by atoms with Crippen molar-refractivity contribution in [2.75, 3.05) is 35.8 Å². The summed E-state index contributed by atoms with van der Waals surface area (Å²) in [7, 11) is -3.69. The van der Waals surface area contributed by atoms with Gasteiger partial charge >= 0.3 is 0 Å². The largest absolute Gasteiger partial charge is 0.346 e. The Balaban J connectivity index is 1.41. The first kappa shape index (κ1) is 22.3. The third-order valence-electron chi connectivity index (χ3n) is 5.65. The number of hydrogen-bond acceptors (Lipinski definition) is 6. The third-order valence-corrected chi connectivity index (χ3v) is 7.86. The van der Waals surface area contributed by atoms with Gasteiger partial charge in [-0.1, -0.05) is 6.07 Å². The second-order valence-corrected chi connectivity index (χ2v) is 10.4. The van der Waals surface area contributed by atoms with Crippen molar-refractivity contribution < 1.29 is 13.2 Å². The Bertz CT molecular complexity index is 1190. The van der Waals surface area contributed by atoms with Crippen molar-refractivity contribution in [2.45, 2.75) is 25.2 Å². The summed E-state index contributed by atoms with van der Waals surface area (Å²) in [4.78, 5) is 21.6. The third kappa shape index (κ3) is 4.94. The van der Waals surface area contributed by atoms with Gasteiger partial charge in [0, 0.05) is 49.0 Å². The number of nitrogens with zero attached hydrogens (tertiary/aromatic N) is 3.